The van der Waals surface area contributed by atoms with E-state index in [1.54, 1.807) is 18.3 Å². The number of nitrogens with zero attached hydrogens (tertiary/aromatic N) is 5. The molecule has 5 heterocycles. The number of hydrogen-bond acceptors (Lipinski definition) is 8. The topological polar surface area (TPSA) is 101 Å². The lowest BCUT2D eigenvalue weighted by Gasteiger charge is -2.40. The summed E-state index contributed by atoms with van der Waals surface area (Å²) in [6.07, 6.45) is 8.32. The first-order valence-corrected chi connectivity index (χ1v) is 12.7. The van der Waals surface area contributed by atoms with Crippen molar-refractivity contribution in [2.24, 2.45) is 5.41 Å². The Kier molecular flexibility index (Phi) is 6.10. The van der Waals surface area contributed by atoms with Crippen LogP contribution in [0, 0.1) is 23.0 Å². The van der Waals surface area contributed by atoms with Crippen molar-refractivity contribution in [2.75, 3.05) is 23.7 Å². The van der Waals surface area contributed by atoms with Crippen molar-refractivity contribution in [3.8, 4) is 11.4 Å². The molecule has 1 aliphatic carbocycles. The quantitative estimate of drug-likeness (QED) is 0.294. The Labute approximate surface area is 217 Å². The van der Waals surface area contributed by atoms with Gasteiger partial charge in [-0.1, -0.05) is 13.8 Å². The minimum Gasteiger partial charge on any atom is -0.366 e. The van der Waals surface area contributed by atoms with E-state index in [0.717, 1.165) is 54.6 Å². The van der Waals surface area contributed by atoms with Gasteiger partial charge in [-0.2, -0.15) is 13.8 Å². The molecule has 0 aromatic carbocycles. The van der Waals surface area contributed by atoms with Crippen LogP contribution in [0.2, 0.25) is 0 Å². The van der Waals surface area contributed by atoms with Gasteiger partial charge in [0.2, 0.25) is 11.8 Å². The average Bonchev–Trinajstić information content (AvgIpc) is 3.73. The van der Waals surface area contributed by atoms with E-state index < -0.39 is 23.4 Å². The summed E-state index contributed by atoms with van der Waals surface area (Å²) in [4.78, 5) is 21.8. The molecule has 1 saturated heterocycles. The highest BCUT2D eigenvalue weighted by molar-refractivity contribution is 5.93. The van der Waals surface area contributed by atoms with Gasteiger partial charge in [-0.25, -0.2) is 19.3 Å². The largest absolute Gasteiger partial charge is 0.366 e. The van der Waals surface area contributed by atoms with Gasteiger partial charge in [0.25, 0.3) is 0 Å². The fourth-order valence-electron chi connectivity index (χ4n) is 4.96. The summed E-state index contributed by atoms with van der Waals surface area (Å²) in [6.45, 7) is 6.27. The molecule has 4 aromatic rings. The van der Waals surface area contributed by atoms with Crippen LogP contribution in [-0.2, 0) is 0 Å². The molecule has 1 aliphatic heterocycles. The van der Waals surface area contributed by atoms with Crippen LogP contribution in [-0.4, -0.2) is 44.1 Å². The van der Waals surface area contributed by atoms with Crippen molar-refractivity contribution in [3.63, 3.8) is 0 Å². The Morgan fingerprint density at radius 3 is 2.63 bits per heavy atom. The third-order valence-corrected chi connectivity index (χ3v) is 7.24. The Hall–Kier alpha value is -3.86. The predicted molar refractivity (Wildman–Crippen MR) is 139 cm³/mol. The molecule has 1 atom stereocenters. The number of nitrogens with one attached hydrogen (secondary N) is 3. The van der Waals surface area contributed by atoms with E-state index in [2.05, 4.69) is 44.7 Å². The molecule has 0 bridgehead atoms. The molecule has 8 nitrogen and oxygen atoms in total. The van der Waals surface area contributed by atoms with Crippen LogP contribution in [0.15, 0.2) is 36.8 Å². The molecule has 6 rings (SSSR count). The van der Waals surface area contributed by atoms with Gasteiger partial charge in [0.05, 0.1) is 11.7 Å². The van der Waals surface area contributed by atoms with Gasteiger partial charge in [0.1, 0.15) is 11.6 Å². The molecule has 4 aromatic heterocycles. The van der Waals surface area contributed by atoms with Gasteiger partial charge in [-0.05, 0) is 54.8 Å². The maximum Gasteiger partial charge on any atom is 0.217 e. The number of hydrogen-bond donors (Lipinski definition) is 3. The highest BCUT2D eigenvalue weighted by Gasteiger charge is 2.34. The van der Waals surface area contributed by atoms with Crippen LogP contribution in [0.1, 0.15) is 44.6 Å². The highest BCUT2D eigenvalue weighted by atomic mass is 19.2. The number of anilines is 3. The third kappa shape index (κ3) is 4.73. The van der Waals surface area contributed by atoms with Crippen molar-refractivity contribution >= 4 is 28.4 Å². The van der Waals surface area contributed by atoms with Crippen molar-refractivity contribution < 1.29 is 13.2 Å². The fraction of sp³-hybridized carbons (Fsp3) is 0.370. The average molecular weight is 521 g/mol. The van der Waals surface area contributed by atoms with Crippen LogP contribution in [0.4, 0.5) is 30.6 Å². The molecule has 0 amide bonds. The molecule has 2 aliphatic rings. The first-order chi connectivity index (χ1) is 18.3. The Bertz CT molecular complexity index is 1520. The molecule has 0 spiro atoms. The summed E-state index contributed by atoms with van der Waals surface area (Å²) >= 11 is 0. The van der Waals surface area contributed by atoms with E-state index in [1.165, 1.54) is 6.20 Å². The minimum atomic E-state index is -1.34. The van der Waals surface area contributed by atoms with Gasteiger partial charge < -0.3 is 16.0 Å². The number of aromatic nitrogens is 5. The van der Waals surface area contributed by atoms with Crippen molar-refractivity contribution in [3.05, 3.63) is 59.9 Å². The summed E-state index contributed by atoms with van der Waals surface area (Å²) in [5.74, 6) is -2.61. The van der Waals surface area contributed by atoms with Crippen LogP contribution < -0.4 is 16.0 Å². The van der Waals surface area contributed by atoms with Crippen molar-refractivity contribution in [1.29, 1.82) is 0 Å². The van der Waals surface area contributed by atoms with Gasteiger partial charge in [-0.3, -0.25) is 4.98 Å². The second-order valence-electron chi connectivity index (χ2n) is 10.6. The smallest absolute Gasteiger partial charge is 0.217 e. The molecule has 1 saturated carbocycles. The number of fused-ring (bicyclic) bond motifs is 1. The van der Waals surface area contributed by atoms with Crippen LogP contribution >= 0.6 is 0 Å². The summed E-state index contributed by atoms with van der Waals surface area (Å²) in [7, 11) is 0. The maximum absolute atomic E-state index is 14.2. The number of piperidine rings is 1. The zero-order chi connectivity index (χ0) is 26.4. The summed E-state index contributed by atoms with van der Waals surface area (Å²) in [6, 6.07) is 3.89. The SMILES string of the molecule is CC1(C)CNCCC1Nc1nc(-c2ccnc(Nc3nc(F)cc(F)c3F)c2)nc2cncc(C3CC3)c12. The number of halogens is 3. The Morgan fingerprint density at radius 1 is 1.00 bits per heavy atom. The molecular formula is C27H27F3N8. The molecule has 2 fully saturated rings. The van der Waals surface area contributed by atoms with E-state index in [1.807, 2.05) is 6.20 Å². The van der Waals surface area contributed by atoms with Gasteiger partial charge in [0.15, 0.2) is 17.5 Å². The normalized spacial score (nSPS) is 18.9. The zero-order valence-electron chi connectivity index (χ0n) is 21.0. The monoisotopic (exact) mass is 520 g/mol. The molecule has 1 unspecified atom stereocenters. The molecule has 38 heavy (non-hydrogen) atoms. The van der Waals surface area contributed by atoms with Gasteiger partial charge in [0, 0.05) is 42.0 Å². The van der Waals surface area contributed by atoms with E-state index >= 15 is 0 Å². The van der Waals surface area contributed by atoms with E-state index in [-0.39, 0.29) is 17.3 Å². The van der Waals surface area contributed by atoms with Crippen molar-refractivity contribution in [2.45, 2.75) is 45.1 Å². The van der Waals surface area contributed by atoms with E-state index in [0.29, 0.717) is 23.4 Å². The summed E-state index contributed by atoms with van der Waals surface area (Å²) in [5, 5.41) is 10.7. The number of rotatable bonds is 6. The van der Waals surface area contributed by atoms with Crippen LogP contribution in [0.5, 0.6) is 0 Å². The molecule has 11 heteroatoms. The van der Waals surface area contributed by atoms with E-state index in [4.69, 9.17) is 9.97 Å². The lowest BCUT2D eigenvalue weighted by atomic mass is 9.80. The second-order valence-corrected chi connectivity index (χ2v) is 10.6. The van der Waals surface area contributed by atoms with Crippen molar-refractivity contribution in [1.82, 2.24) is 30.2 Å². The standard InChI is InChI=1S/C27H27F3N8/c1-27(2)13-31-7-6-19(27)35-25-22-16(14-3-4-14)11-32-12-18(22)34-24(38-25)15-5-8-33-21(9-15)37-26-23(30)17(28)10-20(29)36-26/h5,8-12,14,19,31H,3-4,6-7,13H2,1-2H3,(H,33,36,37)(H,34,35,38). The fourth-order valence-corrected chi connectivity index (χ4v) is 4.96. The number of pyridine rings is 3. The zero-order valence-corrected chi connectivity index (χ0v) is 21.0. The van der Waals surface area contributed by atoms with Crippen LogP contribution in [0.3, 0.4) is 0 Å². The first kappa shape index (κ1) is 24.5. The molecule has 0 radical (unpaired) electrons. The predicted octanol–water partition coefficient (Wildman–Crippen LogP) is 5.32. The molecule has 196 valence electrons. The summed E-state index contributed by atoms with van der Waals surface area (Å²) < 4.78 is 41.4. The van der Waals surface area contributed by atoms with Gasteiger partial charge >= 0.3 is 0 Å². The Balaban J connectivity index is 1.42. The van der Waals surface area contributed by atoms with E-state index in [9.17, 15) is 13.2 Å². The minimum absolute atomic E-state index is 0.00746. The lowest BCUT2D eigenvalue weighted by Crippen LogP contribution is -2.49. The molecule has 3 N–H and O–H groups in total. The van der Waals surface area contributed by atoms with Gasteiger partial charge in [-0.15, -0.1) is 0 Å². The summed E-state index contributed by atoms with van der Waals surface area (Å²) in [5.41, 5.74) is 2.47. The lowest BCUT2D eigenvalue weighted by molar-refractivity contribution is 0.236. The first-order valence-electron chi connectivity index (χ1n) is 12.7. The highest BCUT2D eigenvalue weighted by Crippen LogP contribution is 2.44. The van der Waals surface area contributed by atoms with Crippen LogP contribution in [0.25, 0.3) is 22.3 Å². The second kappa shape index (κ2) is 9.46. The third-order valence-electron chi connectivity index (χ3n) is 7.24. The molecular weight excluding hydrogens is 493 g/mol. The maximum atomic E-state index is 14.2. The Morgan fingerprint density at radius 2 is 1.84 bits per heavy atom.